The van der Waals surface area contributed by atoms with Gasteiger partial charge in [-0.2, -0.15) is 13.2 Å². The average Bonchev–Trinajstić information content (AvgIpc) is 2.67. The van der Waals surface area contributed by atoms with Crippen LogP contribution in [0.2, 0.25) is 0 Å². The molecule has 0 amide bonds. The Hall–Kier alpha value is -1.21. The van der Waals surface area contributed by atoms with Crippen molar-refractivity contribution in [1.29, 1.82) is 0 Å². The van der Waals surface area contributed by atoms with Crippen molar-refractivity contribution in [2.45, 2.75) is 13.1 Å². The fraction of sp³-hybridized carbons (Fsp3) is 0.154. The van der Waals surface area contributed by atoms with Gasteiger partial charge in [0.2, 0.25) is 5.78 Å². The molecule has 0 aliphatic rings. The standard InChI is InChI=1S/C13H7BrF4OS/c1-6-4-10(20-12(6)14)11(19)7-2-3-8(9(15)5-7)13(16,17)18/h2-5H,1H3. The number of hydrogen-bond donors (Lipinski definition) is 0. The van der Waals surface area contributed by atoms with E-state index >= 15 is 0 Å². The summed E-state index contributed by atoms with van der Waals surface area (Å²) < 4.78 is 51.5. The first-order valence-corrected chi connectivity index (χ1v) is 6.98. The minimum atomic E-state index is -4.77. The molecule has 106 valence electrons. The van der Waals surface area contributed by atoms with Crippen LogP contribution in [0.4, 0.5) is 17.6 Å². The van der Waals surface area contributed by atoms with E-state index in [-0.39, 0.29) is 5.56 Å². The van der Waals surface area contributed by atoms with Crippen LogP contribution in [0.1, 0.15) is 26.4 Å². The van der Waals surface area contributed by atoms with E-state index in [2.05, 4.69) is 15.9 Å². The summed E-state index contributed by atoms with van der Waals surface area (Å²) in [6, 6.07) is 3.79. The van der Waals surface area contributed by atoms with E-state index in [4.69, 9.17) is 0 Å². The second-order valence-corrected chi connectivity index (χ2v) is 6.46. The summed E-state index contributed by atoms with van der Waals surface area (Å²) in [7, 11) is 0. The van der Waals surface area contributed by atoms with Crippen LogP contribution < -0.4 is 0 Å². The van der Waals surface area contributed by atoms with Gasteiger partial charge in [-0.05, 0) is 46.6 Å². The minimum Gasteiger partial charge on any atom is -0.288 e. The van der Waals surface area contributed by atoms with Gasteiger partial charge >= 0.3 is 6.18 Å². The normalized spacial score (nSPS) is 11.7. The first kappa shape index (κ1) is 15.2. The zero-order valence-corrected chi connectivity index (χ0v) is 12.4. The van der Waals surface area contributed by atoms with Gasteiger partial charge in [-0.3, -0.25) is 4.79 Å². The monoisotopic (exact) mass is 366 g/mol. The second kappa shape index (κ2) is 5.29. The SMILES string of the molecule is Cc1cc(C(=O)c2ccc(C(F)(F)F)c(F)c2)sc1Br. The Kier molecular flexibility index (Phi) is 4.02. The van der Waals surface area contributed by atoms with Crippen molar-refractivity contribution >= 4 is 33.0 Å². The van der Waals surface area contributed by atoms with E-state index in [9.17, 15) is 22.4 Å². The number of rotatable bonds is 2. The summed E-state index contributed by atoms with van der Waals surface area (Å²) in [5.74, 6) is -1.95. The third-order valence-corrected chi connectivity index (χ3v) is 4.75. The number of halogens is 5. The van der Waals surface area contributed by atoms with E-state index in [1.165, 1.54) is 0 Å². The molecule has 2 aromatic rings. The van der Waals surface area contributed by atoms with E-state index in [0.717, 1.165) is 26.8 Å². The molecule has 7 heteroatoms. The maximum Gasteiger partial charge on any atom is 0.419 e. The molecule has 0 bridgehead atoms. The van der Waals surface area contributed by atoms with E-state index < -0.39 is 23.3 Å². The largest absolute Gasteiger partial charge is 0.419 e. The molecular formula is C13H7BrF4OS. The lowest BCUT2D eigenvalue weighted by atomic mass is 10.1. The van der Waals surface area contributed by atoms with Gasteiger partial charge in [-0.15, -0.1) is 11.3 Å². The van der Waals surface area contributed by atoms with Gasteiger partial charge in [-0.25, -0.2) is 4.39 Å². The fourth-order valence-corrected chi connectivity index (χ4v) is 3.10. The van der Waals surface area contributed by atoms with Crippen LogP contribution >= 0.6 is 27.3 Å². The lowest BCUT2D eigenvalue weighted by Gasteiger charge is -2.08. The Morgan fingerprint density at radius 2 is 1.90 bits per heavy atom. The predicted octanol–water partition coefficient (Wildman–Crippen LogP) is 5.21. The molecule has 20 heavy (non-hydrogen) atoms. The van der Waals surface area contributed by atoms with Crippen molar-refractivity contribution in [2.75, 3.05) is 0 Å². The van der Waals surface area contributed by atoms with Crippen molar-refractivity contribution in [1.82, 2.24) is 0 Å². The number of benzene rings is 1. The van der Waals surface area contributed by atoms with Crippen molar-refractivity contribution in [2.24, 2.45) is 0 Å². The molecule has 0 saturated heterocycles. The van der Waals surface area contributed by atoms with E-state index in [1.54, 1.807) is 13.0 Å². The Morgan fingerprint density at radius 3 is 2.35 bits per heavy atom. The summed E-state index contributed by atoms with van der Waals surface area (Å²) in [5.41, 5.74) is -0.646. The summed E-state index contributed by atoms with van der Waals surface area (Å²) in [4.78, 5) is 12.4. The highest BCUT2D eigenvalue weighted by molar-refractivity contribution is 9.11. The van der Waals surface area contributed by atoms with Gasteiger partial charge in [0.15, 0.2) is 0 Å². The number of ketones is 1. The highest BCUT2D eigenvalue weighted by Gasteiger charge is 2.34. The molecule has 1 aromatic heterocycles. The van der Waals surface area contributed by atoms with Gasteiger partial charge in [-0.1, -0.05) is 6.07 Å². The molecule has 0 unspecified atom stereocenters. The molecule has 1 aromatic carbocycles. The molecule has 0 spiro atoms. The van der Waals surface area contributed by atoms with Crippen molar-refractivity contribution in [3.05, 3.63) is 55.4 Å². The van der Waals surface area contributed by atoms with Crippen molar-refractivity contribution in [3.63, 3.8) is 0 Å². The summed E-state index contributed by atoms with van der Waals surface area (Å²) in [6.07, 6.45) is -4.77. The van der Waals surface area contributed by atoms with Gasteiger partial charge in [0.1, 0.15) is 5.82 Å². The predicted molar refractivity (Wildman–Crippen MR) is 71.6 cm³/mol. The fourth-order valence-electron chi connectivity index (χ4n) is 1.60. The number of thiophene rings is 1. The number of carbonyl (C=O) groups excluding carboxylic acids is 1. The Balaban J connectivity index is 2.39. The molecule has 2 rings (SSSR count). The summed E-state index contributed by atoms with van der Waals surface area (Å²) in [6.45, 7) is 1.78. The Bertz CT molecular complexity index is 656. The maximum absolute atomic E-state index is 13.4. The molecule has 0 aliphatic carbocycles. The van der Waals surface area contributed by atoms with Crippen molar-refractivity contribution < 1.29 is 22.4 Å². The smallest absolute Gasteiger partial charge is 0.288 e. The van der Waals surface area contributed by atoms with Crippen LogP contribution in [0.3, 0.4) is 0 Å². The zero-order chi connectivity index (χ0) is 15.1. The van der Waals surface area contributed by atoms with Gasteiger partial charge in [0.05, 0.1) is 14.2 Å². The minimum absolute atomic E-state index is 0.107. The van der Waals surface area contributed by atoms with Gasteiger partial charge in [0, 0.05) is 5.56 Å². The first-order valence-electron chi connectivity index (χ1n) is 5.37. The molecule has 0 N–H and O–H groups in total. The van der Waals surface area contributed by atoms with Crippen LogP contribution in [0.25, 0.3) is 0 Å². The first-order chi connectivity index (χ1) is 9.20. The molecule has 1 nitrogen and oxygen atoms in total. The van der Waals surface area contributed by atoms with Crippen LogP contribution in [0.5, 0.6) is 0 Å². The number of hydrogen-bond acceptors (Lipinski definition) is 2. The second-order valence-electron chi connectivity index (χ2n) is 4.09. The highest BCUT2D eigenvalue weighted by atomic mass is 79.9. The third-order valence-electron chi connectivity index (χ3n) is 2.62. The lowest BCUT2D eigenvalue weighted by molar-refractivity contribution is -0.140. The van der Waals surface area contributed by atoms with Crippen LogP contribution in [0, 0.1) is 12.7 Å². The van der Waals surface area contributed by atoms with Crippen molar-refractivity contribution in [3.8, 4) is 0 Å². The van der Waals surface area contributed by atoms with Crippen LogP contribution in [0.15, 0.2) is 28.1 Å². The topological polar surface area (TPSA) is 17.1 Å². The number of alkyl halides is 3. The molecule has 0 radical (unpaired) electrons. The van der Waals surface area contributed by atoms with E-state index in [1.807, 2.05) is 0 Å². The van der Waals surface area contributed by atoms with Crippen LogP contribution in [-0.2, 0) is 6.18 Å². The molecule has 0 saturated carbocycles. The molecule has 0 atom stereocenters. The summed E-state index contributed by atoms with van der Waals surface area (Å²) >= 11 is 4.41. The molecule has 1 heterocycles. The number of aryl methyl sites for hydroxylation is 1. The molecule has 0 aliphatic heterocycles. The molecular weight excluding hydrogens is 360 g/mol. The van der Waals surface area contributed by atoms with Gasteiger partial charge < -0.3 is 0 Å². The summed E-state index contributed by atoms with van der Waals surface area (Å²) in [5, 5.41) is 0. The van der Waals surface area contributed by atoms with Gasteiger partial charge in [0.25, 0.3) is 0 Å². The molecule has 0 fully saturated rings. The Morgan fingerprint density at radius 1 is 1.25 bits per heavy atom. The zero-order valence-electron chi connectivity index (χ0n) is 10.0. The van der Waals surface area contributed by atoms with Crippen LogP contribution in [-0.4, -0.2) is 5.78 Å². The number of carbonyl (C=O) groups is 1. The quantitative estimate of drug-likeness (QED) is 0.526. The average molecular weight is 367 g/mol. The maximum atomic E-state index is 13.4. The Labute approximate surface area is 124 Å². The van der Waals surface area contributed by atoms with E-state index in [0.29, 0.717) is 17.0 Å². The highest BCUT2D eigenvalue weighted by Crippen LogP contribution is 2.33. The third kappa shape index (κ3) is 2.93. The lowest BCUT2D eigenvalue weighted by Crippen LogP contribution is -2.09.